The number of para-hydroxylation sites is 1. The van der Waals surface area contributed by atoms with Gasteiger partial charge in [0, 0.05) is 18.7 Å². The Balaban J connectivity index is 2.12. The molecule has 1 saturated heterocycles. The Kier molecular flexibility index (Phi) is 3.27. The summed E-state index contributed by atoms with van der Waals surface area (Å²) in [6.45, 7) is 0.501. The molecule has 0 aromatic heterocycles. The first-order chi connectivity index (χ1) is 8.18. The summed E-state index contributed by atoms with van der Waals surface area (Å²) in [5, 5.41) is 11.4. The highest BCUT2D eigenvalue weighted by Crippen LogP contribution is 2.22. The zero-order chi connectivity index (χ0) is 12.3. The van der Waals surface area contributed by atoms with E-state index in [1.54, 1.807) is 4.90 Å². The molecule has 17 heavy (non-hydrogen) atoms. The summed E-state index contributed by atoms with van der Waals surface area (Å²) in [7, 11) is 0. The number of amides is 2. The van der Waals surface area contributed by atoms with E-state index in [1.165, 1.54) is 0 Å². The molecule has 0 bridgehead atoms. The van der Waals surface area contributed by atoms with Gasteiger partial charge in [-0.1, -0.05) is 18.2 Å². The van der Waals surface area contributed by atoms with Crippen LogP contribution in [0.5, 0.6) is 0 Å². The predicted octanol–water partition coefficient (Wildman–Crippen LogP) is 1.45. The van der Waals surface area contributed by atoms with Crippen LogP contribution in [0.1, 0.15) is 12.8 Å². The minimum absolute atomic E-state index is 0.0724. The van der Waals surface area contributed by atoms with Crippen LogP contribution in [0.4, 0.5) is 10.5 Å². The fourth-order valence-electron chi connectivity index (χ4n) is 1.99. The SMILES string of the molecule is O=C(O)CCC1CNC(=O)N1c1ccccc1. The lowest BCUT2D eigenvalue weighted by molar-refractivity contribution is -0.137. The van der Waals surface area contributed by atoms with Crippen molar-refractivity contribution >= 4 is 17.7 Å². The van der Waals surface area contributed by atoms with Crippen molar-refractivity contribution < 1.29 is 14.7 Å². The number of carbonyl (C=O) groups is 2. The van der Waals surface area contributed by atoms with Crippen LogP contribution in [0.25, 0.3) is 0 Å². The maximum atomic E-state index is 11.7. The molecule has 2 rings (SSSR count). The van der Waals surface area contributed by atoms with Crippen LogP contribution in [0.15, 0.2) is 30.3 Å². The first-order valence-electron chi connectivity index (χ1n) is 5.52. The molecule has 1 atom stereocenters. The summed E-state index contributed by atoms with van der Waals surface area (Å²) in [6.07, 6.45) is 0.534. The van der Waals surface area contributed by atoms with Gasteiger partial charge in [0.25, 0.3) is 0 Å². The Hall–Kier alpha value is -2.04. The molecule has 0 radical (unpaired) electrons. The van der Waals surface area contributed by atoms with Crippen molar-refractivity contribution in [3.63, 3.8) is 0 Å². The third-order valence-corrected chi connectivity index (χ3v) is 2.80. The van der Waals surface area contributed by atoms with E-state index in [-0.39, 0.29) is 18.5 Å². The lowest BCUT2D eigenvalue weighted by atomic mass is 10.1. The topological polar surface area (TPSA) is 69.6 Å². The standard InChI is InChI=1S/C12H14N2O3/c15-11(16)7-6-10-8-13-12(17)14(10)9-4-2-1-3-5-9/h1-5,10H,6-8H2,(H,13,17)(H,15,16). The summed E-state index contributed by atoms with van der Waals surface area (Å²) >= 11 is 0. The quantitative estimate of drug-likeness (QED) is 0.828. The molecule has 0 saturated carbocycles. The second-order valence-electron chi connectivity index (χ2n) is 3.98. The van der Waals surface area contributed by atoms with Crippen molar-refractivity contribution in [2.75, 3.05) is 11.4 Å². The number of nitrogens with zero attached hydrogens (tertiary/aromatic N) is 1. The van der Waals surface area contributed by atoms with Gasteiger partial charge in [-0.2, -0.15) is 0 Å². The van der Waals surface area contributed by atoms with E-state index < -0.39 is 5.97 Å². The van der Waals surface area contributed by atoms with Gasteiger partial charge in [-0.25, -0.2) is 4.79 Å². The fraction of sp³-hybridized carbons (Fsp3) is 0.333. The second kappa shape index (κ2) is 4.86. The number of hydrogen-bond donors (Lipinski definition) is 2. The smallest absolute Gasteiger partial charge is 0.322 e. The number of nitrogens with one attached hydrogen (secondary N) is 1. The lowest BCUT2D eigenvalue weighted by Crippen LogP contribution is -2.34. The summed E-state index contributed by atoms with van der Waals surface area (Å²) in [5.41, 5.74) is 0.804. The summed E-state index contributed by atoms with van der Waals surface area (Å²) in [6, 6.07) is 9.04. The van der Waals surface area contributed by atoms with E-state index in [4.69, 9.17) is 5.11 Å². The highest BCUT2D eigenvalue weighted by Gasteiger charge is 2.31. The van der Waals surface area contributed by atoms with Crippen molar-refractivity contribution in [1.29, 1.82) is 0 Å². The normalized spacial score (nSPS) is 19.2. The van der Waals surface area contributed by atoms with Gasteiger partial charge in [-0.15, -0.1) is 0 Å². The molecule has 1 aliphatic heterocycles. The Labute approximate surface area is 99.0 Å². The van der Waals surface area contributed by atoms with E-state index in [0.29, 0.717) is 13.0 Å². The second-order valence-corrected chi connectivity index (χ2v) is 3.98. The number of rotatable bonds is 4. The fourth-order valence-corrected chi connectivity index (χ4v) is 1.99. The van der Waals surface area contributed by atoms with Gasteiger partial charge in [-0.05, 0) is 18.6 Å². The number of carbonyl (C=O) groups excluding carboxylic acids is 1. The summed E-state index contributed by atoms with van der Waals surface area (Å²) < 4.78 is 0. The zero-order valence-corrected chi connectivity index (χ0v) is 9.30. The molecular weight excluding hydrogens is 220 g/mol. The number of anilines is 1. The number of urea groups is 1. The van der Waals surface area contributed by atoms with Gasteiger partial charge in [0.2, 0.25) is 0 Å². The largest absolute Gasteiger partial charge is 0.481 e. The molecule has 1 heterocycles. The number of carboxylic acid groups (broad SMARTS) is 1. The summed E-state index contributed by atoms with van der Waals surface area (Å²) in [4.78, 5) is 23.9. The van der Waals surface area contributed by atoms with E-state index in [2.05, 4.69) is 5.32 Å². The Bertz CT molecular complexity index is 419. The van der Waals surface area contributed by atoms with Crippen molar-refractivity contribution in [3.05, 3.63) is 30.3 Å². The Morgan fingerprint density at radius 3 is 2.76 bits per heavy atom. The molecule has 0 spiro atoms. The minimum atomic E-state index is -0.836. The zero-order valence-electron chi connectivity index (χ0n) is 9.30. The molecular formula is C12H14N2O3. The molecule has 90 valence electrons. The van der Waals surface area contributed by atoms with Crippen LogP contribution >= 0.6 is 0 Å². The molecule has 1 aliphatic rings. The van der Waals surface area contributed by atoms with E-state index in [1.807, 2.05) is 30.3 Å². The molecule has 1 aromatic carbocycles. The van der Waals surface area contributed by atoms with Crippen molar-refractivity contribution in [3.8, 4) is 0 Å². The van der Waals surface area contributed by atoms with Gasteiger partial charge >= 0.3 is 12.0 Å². The Morgan fingerprint density at radius 1 is 1.41 bits per heavy atom. The van der Waals surface area contributed by atoms with Crippen LogP contribution in [-0.2, 0) is 4.79 Å². The third kappa shape index (κ3) is 2.55. The van der Waals surface area contributed by atoms with Gasteiger partial charge < -0.3 is 10.4 Å². The monoisotopic (exact) mass is 234 g/mol. The highest BCUT2D eigenvalue weighted by atomic mass is 16.4. The maximum absolute atomic E-state index is 11.7. The molecule has 5 nitrogen and oxygen atoms in total. The maximum Gasteiger partial charge on any atom is 0.322 e. The van der Waals surface area contributed by atoms with Crippen molar-refractivity contribution in [2.24, 2.45) is 0 Å². The minimum Gasteiger partial charge on any atom is -0.481 e. The van der Waals surface area contributed by atoms with Crippen LogP contribution in [0.2, 0.25) is 0 Å². The molecule has 5 heteroatoms. The first kappa shape index (κ1) is 11.4. The van der Waals surface area contributed by atoms with Gasteiger partial charge in [-0.3, -0.25) is 9.69 Å². The highest BCUT2D eigenvalue weighted by molar-refractivity contribution is 5.94. The van der Waals surface area contributed by atoms with E-state index in [9.17, 15) is 9.59 Å². The lowest BCUT2D eigenvalue weighted by Gasteiger charge is -2.22. The number of benzene rings is 1. The molecule has 1 fully saturated rings. The average molecular weight is 234 g/mol. The van der Waals surface area contributed by atoms with Gasteiger partial charge in [0.05, 0.1) is 6.04 Å². The first-order valence-corrected chi connectivity index (χ1v) is 5.52. The van der Waals surface area contributed by atoms with E-state index >= 15 is 0 Å². The van der Waals surface area contributed by atoms with Crippen LogP contribution in [-0.4, -0.2) is 29.7 Å². The third-order valence-electron chi connectivity index (χ3n) is 2.80. The van der Waals surface area contributed by atoms with Crippen LogP contribution in [0.3, 0.4) is 0 Å². The van der Waals surface area contributed by atoms with Gasteiger partial charge in [0.15, 0.2) is 0 Å². The van der Waals surface area contributed by atoms with E-state index in [0.717, 1.165) is 5.69 Å². The van der Waals surface area contributed by atoms with Gasteiger partial charge in [0.1, 0.15) is 0 Å². The molecule has 0 aliphatic carbocycles. The number of carboxylic acids is 1. The molecule has 2 amide bonds. The Morgan fingerprint density at radius 2 is 2.12 bits per heavy atom. The molecule has 2 N–H and O–H groups in total. The van der Waals surface area contributed by atoms with Crippen molar-refractivity contribution in [2.45, 2.75) is 18.9 Å². The van der Waals surface area contributed by atoms with Crippen molar-refractivity contribution in [1.82, 2.24) is 5.32 Å². The molecule has 1 unspecified atom stereocenters. The van der Waals surface area contributed by atoms with Crippen LogP contribution in [0, 0.1) is 0 Å². The number of hydrogen-bond acceptors (Lipinski definition) is 2. The summed E-state index contributed by atoms with van der Waals surface area (Å²) in [5.74, 6) is -0.836. The predicted molar refractivity (Wildman–Crippen MR) is 63.0 cm³/mol. The number of aliphatic carboxylic acids is 1. The average Bonchev–Trinajstić information content (AvgIpc) is 2.69. The molecule has 1 aromatic rings. The van der Waals surface area contributed by atoms with Crippen LogP contribution < -0.4 is 10.2 Å².